The predicted octanol–water partition coefficient (Wildman–Crippen LogP) is 3.34. The quantitative estimate of drug-likeness (QED) is 0.694. The lowest BCUT2D eigenvalue weighted by Gasteiger charge is -2.04. The number of imidazole rings is 1. The monoisotopic (exact) mass is 325 g/mol. The summed E-state index contributed by atoms with van der Waals surface area (Å²) in [4.78, 5) is 9.10. The summed E-state index contributed by atoms with van der Waals surface area (Å²) >= 11 is 12.0. The molecule has 4 nitrogen and oxygen atoms in total. The molecule has 0 aliphatic carbocycles. The molecule has 1 atom stereocenters. The van der Waals surface area contributed by atoms with E-state index >= 15 is 0 Å². The van der Waals surface area contributed by atoms with E-state index in [0.29, 0.717) is 21.8 Å². The van der Waals surface area contributed by atoms with E-state index in [1.165, 1.54) is 6.07 Å². The van der Waals surface area contributed by atoms with Crippen molar-refractivity contribution < 1.29 is 4.21 Å². The Morgan fingerprint density at radius 1 is 1.20 bits per heavy atom. The Labute approximate surface area is 127 Å². The molecule has 7 heteroatoms. The van der Waals surface area contributed by atoms with Crippen LogP contribution in [0.2, 0.25) is 10.3 Å². The molecule has 20 heavy (non-hydrogen) atoms. The topological polar surface area (TPSA) is 47.3 Å². The third kappa shape index (κ3) is 2.57. The van der Waals surface area contributed by atoms with Gasteiger partial charge in [-0.3, -0.25) is 8.61 Å². The average molecular weight is 326 g/mol. The highest BCUT2D eigenvalue weighted by Gasteiger charge is 2.13. The van der Waals surface area contributed by atoms with E-state index in [4.69, 9.17) is 23.2 Å². The first-order valence-corrected chi connectivity index (χ1v) is 7.84. The average Bonchev–Trinajstić information content (AvgIpc) is 2.82. The van der Waals surface area contributed by atoms with E-state index in [9.17, 15) is 4.21 Å². The third-order valence-electron chi connectivity index (χ3n) is 2.76. The van der Waals surface area contributed by atoms with Crippen molar-refractivity contribution in [3.8, 4) is 0 Å². The van der Waals surface area contributed by atoms with Crippen LogP contribution in [-0.2, 0) is 16.6 Å². The van der Waals surface area contributed by atoms with Crippen LogP contribution in [0.1, 0.15) is 5.82 Å². The number of hydrogen-bond donors (Lipinski definition) is 0. The third-order valence-corrected chi connectivity index (χ3v) is 4.55. The molecule has 0 bridgehead atoms. The molecule has 0 fully saturated rings. The molecule has 0 radical (unpaired) electrons. The number of rotatable bonds is 3. The van der Waals surface area contributed by atoms with Crippen LogP contribution in [0.15, 0.2) is 47.5 Å². The normalized spacial score (nSPS) is 12.7. The number of fused-ring (bicyclic) bond motifs is 1. The molecule has 2 heterocycles. The zero-order chi connectivity index (χ0) is 14.1. The van der Waals surface area contributed by atoms with Gasteiger partial charge in [-0.15, -0.1) is 0 Å². The maximum atomic E-state index is 12.3. The first-order chi connectivity index (χ1) is 9.65. The Morgan fingerprint density at radius 3 is 2.70 bits per heavy atom. The van der Waals surface area contributed by atoms with E-state index in [2.05, 4.69) is 9.97 Å². The summed E-state index contributed by atoms with van der Waals surface area (Å²) in [6.07, 6.45) is 1.56. The fraction of sp³-hybridized carbons (Fsp3) is 0.0769. The van der Waals surface area contributed by atoms with E-state index in [1.54, 1.807) is 10.6 Å². The van der Waals surface area contributed by atoms with E-state index in [-0.39, 0.29) is 5.75 Å². The molecule has 0 N–H and O–H groups in total. The lowest BCUT2D eigenvalue weighted by Crippen LogP contribution is -2.03. The van der Waals surface area contributed by atoms with Crippen LogP contribution in [0.25, 0.3) is 5.65 Å². The fourth-order valence-electron chi connectivity index (χ4n) is 1.87. The van der Waals surface area contributed by atoms with Crippen LogP contribution < -0.4 is 0 Å². The summed E-state index contributed by atoms with van der Waals surface area (Å²) in [7, 11) is -1.19. The summed E-state index contributed by atoms with van der Waals surface area (Å²) in [6, 6.07) is 10.8. The maximum Gasteiger partial charge on any atom is 0.159 e. The first-order valence-electron chi connectivity index (χ1n) is 5.77. The van der Waals surface area contributed by atoms with E-state index in [0.717, 1.165) is 4.90 Å². The van der Waals surface area contributed by atoms with Crippen molar-refractivity contribution in [1.82, 2.24) is 14.4 Å². The smallest absolute Gasteiger partial charge is 0.159 e. The Balaban J connectivity index is 1.98. The second kappa shape index (κ2) is 5.52. The minimum absolute atomic E-state index is 0.265. The van der Waals surface area contributed by atoms with Gasteiger partial charge in [-0.05, 0) is 12.1 Å². The molecule has 102 valence electrons. The van der Waals surface area contributed by atoms with Crippen LogP contribution in [-0.4, -0.2) is 18.6 Å². The van der Waals surface area contributed by atoms with Crippen LogP contribution in [0.5, 0.6) is 0 Å². The van der Waals surface area contributed by atoms with Gasteiger partial charge in [-0.25, -0.2) is 9.97 Å². The van der Waals surface area contributed by atoms with Crippen molar-refractivity contribution in [3.05, 3.63) is 58.7 Å². The van der Waals surface area contributed by atoms with E-state index < -0.39 is 10.8 Å². The van der Waals surface area contributed by atoms with Gasteiger partial charge in [-0.1, -0.05) is 41.4 Å². The van der Waals surface area contributed by atoms with Gasteiger partial charge >= 0.3 is 0 Å². The van der Waals surface area contributed by atoms with Crippen molar-refractivity contribution in [2.45, 2.75) is 10.6 Å². The molecule has 0 aliphatic rings. The second-order valence-corrected chi connectivity index (χ2v) is 6.30. The molecule has 0 spiro atoms. The molecule has 2 aromatic heterocycles. The van der Waals surface area contributed by atoms with Gasteiger partial charge in [0.15, 0.2) is 5.65 Å². The predicted molar refractivity (Wildman–Crippen MR) is 79.6 cm³/mol. The van der Waals surface area contributed by atoms with Crippen molar-refractivity contribution >= 4 is 39.6 Å². The molecule has 0 saturated heterocycles. The van der Waals surface area contributed by atoms with Gasteiger partial charge in [-0.2, -0.15) is 0 Å². The minimum Gasteiger partial charge on any atom is -0.270 e. The van der Waals surface area contributed by atoms with Gasteiger partial charge < -0.3 is 0 Å². The Kier molecular flexibility index (Phi) is 3.74. The van der Waals surface area contributed by atoms with Crippen molar-refractivity contribution in [2.75, 3.05) is 0 Å². The lowest BCUT2D eigenvalue weighted by molar-refractivity contribution is 0.681. The summed E-state index contributed by atoms with van der Waals surface area (Å²) in [5.41, 5.74) is 0.544. The molecule has 1 unspecified atom stereocenters. The SMILES string of the molecule is O=S(Cc1ncc2nc(Cl)cc(Cl)n12)c1ccccc1. The highest BCUT2D eigenvalue weighted by Crippen LogP contribution is 2.20. The Morgan fingerprint density at radius 2 is 1.95 bits per heavy atom. The summed E-state index contributed by atoms with van der Waals surface area (Å²) in [5.74, 6) is 0.859. The van der Waals surface area contributed by atoms with Crippen molar-refractivity contribution in [3.63, 3.8) is 0 Å². The summed E-state index contributed by atoms with van der Waals surface area (Å²) in [6.45, 7) is 0. The van der Waals surface area contributed by atoms with E-state index in [1.807, 2.05) is 30.3 Å². The molecule has 0 saturated carbocycles. The summed E-state index contributed by atoms with van der Waals surface area (Å²) in [5, 5.41) is 0.704. The fourth-order valence-corrected chi connectivity index (χ4v) is 3.47. The molecule has 1 aromatic carbocycles. The standard InChI is InChI=1S/C13H9Cl2N3OS/c14-10-6-11(15)18-12(17-10)7-16-13(18)8-20(19)9-4-2-1-3-5-9/h1-7H,8H2. The zero-order valence-corrected chi connectivity index (χ0v) is 12.5. The lowest BCUT2D eigenvalue weighted by atomic mass is 10.4. The Bertz CT molecular complexity index is 789. The van der Waals surface area contributed by atoms with Crippen LogP contribution in [0, 0.1) is 0 Å². The zero-order valence-electron chi connectivity index (χ0n) is 10.2. The summed E-state index contributed by atoms with van der Waals surface area (Å²) < 4.78 is 13.9. The molecule has 3 aromatic rings. The molecule has 0 aliphatic heterocycles. The first kappa shape index (κ1) is 13.5. The molecular weight excluding hydrogens is 317 g/mol. The second-order valence-electron chi connectivity index (χ2n) is 4.07. The van der Waals surface area contributed by atoms with Gasteiger partial charge in [0.25, 0.3) is 0 Å². The molecular formula is C13H9Cl2N3OS. The van der Waals surface area contributed by atoms with Crippen molar-refractivity contribution in [2.24, 2.45) is 0 Å². The number of benzene rings is 1. The maximum absolute atomic E-state index is 12.3. The number of halogens is 2. The van der Waals surface area contributed by atoms with Gasteiger partial charge in [0.2, 0.25) is 0 Å². The number of hydrogen-bond acceptors (Lipinski definition) is 3. The van der Waals surface area contributed by atoms with Crippen LogP contribution in [0.4, 0.5) is 0 Å². The Hall–Kier alpha value is -1.43. The van der Waals surface area contributed by atoms with Gasteiger partial charge in [0, 0.05) is 11.0 Å². The number of nitrogens with zero attached hydrogens (tertiary/aromatic N) is 3. The highest BCUT2D eigenvalue weighted by molar-refractivity contribution is 7.84. The van der Waals surface area contributed by atoms with Crippen LogP contribution in [0.3, 0.4) is 0 Å². The minimum atomic E-state index is -1.19. The number of aromatic nitrogens is 3. The van der Waals surface area contributed by atoms with Crippen LogP contribution >= 0.6 is 23.2 Å². The largest absolute Gasteiger partial charge is 0.270 e. The highest BCUT2D eigenvalue weighted by atomic mass is 35.5. The van der Waals surface area contributed by atoms with Crippen molar-refractivity contribution in [1.29, 1.82) is 0 Å². The van der Waals surface area contributed by atoms with Gasteiger partial charge in [0.05, 0.1) is 22.7 Å². The molecule has 3 rings (SSSR count). The van der Waals surface area contributed by atoms with Gasteiger partial charge in [0.1, 0.15) is 16.1 Å². The molecule has 0 amide bonds.